The number of alkyl halides is 1. The molecule has 1 aromatic rings. The predicted octanol–water partition coefficient (Wildman–Crippen LogP) is 5.07. The Hall–Kier alpha value is -0.440. The van der Waals surface area contributed by atoms with Crippen LogP contribution in [0.25, 0.3) is 0 Å². The molecule has 0 nitrogen and oxygen atoms in total. The summed E-state index contributed by atoms with van der Waals surface area (Å²) in [6.07, 6.45) is 2.34. The van der Waals surface area contributed by atoms with Gasteiger partial charge in [-0.1, -0.05) is 29.8 Å². The zero-order valence-electron chi connectivity index (χ0n) is 10.4. The average molecular weight is 303 g/mol. The van der Waals surface area contributed by atoms with Gasteiger partial charge in [0.05, 0.1) is 0 Å². The SMILES string of the molecule is Cc1cc(F)c2c(c1F)C(Br)CC(C)(C)CC2. The molecule has 2 rings (SSSR count). The molecule has 17 heavy (non-hydrogen) atoms. The molecule has 0 saturated carbocycles. The van der Waals surface area contributed by atoms with Gasteiger partial charge in [-0.15, -0.1) is 0 Å². The molecular weight excluding hydrogens is 286 g/mol. The van der Waals surface area contributed by atoms with E-state index in [0.29, 0.717) is 23.1 Å². The van der Waals surface area contributed by atoms with Crippen molar-refractivity contribution >= 4 is 15.9 Å². The first-order chi connectivity index (χ1) is 7.82. The molecule has 0 spiro atoms. The lowest BCUT2D eigenvalue weighted by Gasteiger charge is -2.24. The molecule has 3 heteroatoms. The van der Waals surface area contributed by atoms with Gasteiger partial charge >= 0.3 is 0 Å². The second kappa shape index (κ2) is 4.34. The lowest BCUT2D eigenvalue weighted by atomic mass is 9.84. The van der Waals surface area contributed by atoms with Gasteiger partial charge in [0.2, 0.25) is 0 Å². The Balaban J connectivity index is 2.59. The van der Waals surface area contributed by atoms with E-state index in [2.05, 4.69) is 29.8 Å². The van der Waals surface area contributed by atoms with Crippen molar-refractivity contribution < 1.29 is 8.78 Å². The number of hydrogen-bond acceptors (Lipinski definition) is 0. The summed E-state index contributed by atoms with van der Waals surface area (Å²) in [7, 11) is 0. The van der Waals surface area contributed by atoms with Crippen molar-refractivity contribution in [3.8, 4) is 0 Å². The number of hydrogen-bond donors (Lipinski definition) is 0. The van der Waals surface area contributed by atoms with Gasteiger partial charge in [0.1, 0.15) is 11.6 Å². The Labute approximate surface area is 110 Å². The second-order valence-electron chi connectivity index (χ2n) is 5.72. The van der Waals surface area contributed by atoms with Gasteiger partial charge in [-0.25, -0.2) is 8.78 Å². The fourth-order valence-corrected chi connectivity index (χ4v) is 3.90. The largest absolute Gasteiger partial charge is 0.207 e. The Morgan fingerprint density at radius 2 is 2.00 bits per heavy atom. The highest BCUT2D eigenvalue weighted by Gasteiger charge is 2.32. The summed E-state index contributed by atoms with van der Waals surface area (Å²) in [5, 5.41) is 0. The average Bonchev–Trinajstić information content (AvgIpc) is 2.31. The summed E-state index contributed by atoms with van der Waals surface area (Å²) in [4.78, 5) is -0.0931. The third-order valence-corrected chi connectivity index (χ3v) is 4.42. The van der Waals surface area contributed by atoms with E-state index in [1.54, 1.807) is 6.92 Å². The highest BCUT2D eigenvalue weighted by Crippen LogP contribution is 2.45. The van der Waals surface area contributed by atoms with Crippen molar-refractivity contribution in [2.24, 2.45) is 5.41 Å². The Morgan fingerprint density at radius 3 is 2.65 bits per heavy atom. The van der Waals surface area contributed by atoms with Gasteiger partial charge in [0, 0.05) is 10.4 Å². The molecule has 0 amide bonds. The molecule has 1 unspecified atom stereocenters. The van der Waals surface area contributed by atoms with Gasteiger partial charge < -0.3 is 0 Å². The molecule has 1 aromatic carbocycles. The maximum Gasteiger partial charge on any atom is 0.130 e. The monoisotopic (exact) mass is 302 g/mol. The zero-order chi connectivity index (χ0) is 12.8. The standard InChI is InChI=1S/C14H17BrF2/c1-8-6-11(16)9-4-5-14(2,3)7-10(15)12(9)13(8)17/h6,10H,4-5,7H2,1-3H3. The first kappa shape index (κ1) is 13.0. The van der Waals surface area contributed by atoms with Crippen LogP contribution in [0.15, 0.2) is 6.07 Å². The third-order valence-electron chi connectivity index (χ3n) is 3.64. The lowest BCUT2D eigenvalue weighted by molar-refractivity contribution is 0.315. The molecule has 0 radical (unpaired) electrons. The van der Waals surface area contributed by atoms with E-state index >= 15 is 0 Å². The molecule has 1 aliphatic rings. The van der Waals surface area contributed by atoms with Crippen LogP contribution in [0, 0.1) is 24.0 Å². The van der Waals surface area contributed by atoms with Crippen LogP contribution < -0.4 is 0 Å². The number of fused-ring (bicyclic) bond motifs is 1. The third kappa shape index (κ3) is 2.40. The minimum absolute atomic E-state index is 0.0931. The highest BCUT2D eigenvalue weighted by atomic mass is 79.9. The van der Waals surface area contributed by atoms with Crippen molar-refractivity contribution in [2.75, 3.05) is 0 Å². The van der Waals surface area contributed by atoms with Crippen LogP contribution in [-0.4, -0.2) is 0 Å². The summed E-state index contributed by atoms with van der Waals surface area (Å²) < 4.78 is 28.1. The summed E-state index contributed by atoms with van der Waals surface area (Å²) in [5.74, 6) is -0.512. The van der Waals surface area contributed by atoms with Gasteiger partial charge in [-0.05, 0) is 48.8 Å². The zero-order valence-corrected chi connectivity index (χ0v) is 12.0. The van der Waals surface area contributed by atoms with Gasteiger partial charge in [-0.3, -0.25) is 0 Å². The molecule has 0 fully saturated rings. The quantitative estimate of drug-likeness (QED) is 0.463. The summed E-state index contributed by atoms with van der Waals surface area (Å²) in [5.41, 5.74) is 1.60. The van der Waals surface area contributed by atoms with Crippen LogP contribution in [0.2, 0.25) is 0 Å². The van der Waals surface area contributed by atoms with Gasteiger partial charge in [0.15, 0.2) is 0 Å². The molecule has 0 N–H and O–H groups in total. The minimum Gasteiger partial charge on any atom is -0.207 e. The van der Waals surface area contributed by atoms with Crippen LogP contribution in [0.3, 0.4) is 0 Å². The van der Waals surface area contributed by atoms with Crippen molar-refractivity contribution in [1.82, 2.24) is 0 Å². The van der Waals surface area contributed by atoms with Crippen LogP contribution in [0.4, 0.5) is 8.78 Å². The molecule has 0 aromatic heterocycles. The minimum atomic E-state index is -0.263. The molecule has 0 saturated heterocycles. The highest BCUT2D eigenvalue weighted by molar-refractivity contribution is 9.09. The van der Waals surface area contributed by atoms with Crippen molar-refractivity contribution in [3.63, 3.8) is 0 Å². The Bertz CT molecular complexity index is 452. The van der Waals surface area contributed by atoms with Gasteiger partial charge in [0.25, 0.3) is 0 Å². The summed E-state index contributed by atoms with van der Waals surface area (Å²) in [6.45, 7) is 5.92. The Morgan fingerprint density at radius 1 is 1.35 bits per heavy atom. The fourth-order valence-electron chi connectivity index (χ4n) is 2.55. The molecule has 1 aliphatic carbocycles. The smallest absolute Gasteiger partial charge is 0.130 e. The van der Waals surface area contributed by atoms with E-state index in [-0.39, 0.29) is 21.9 Å². The van der Waals surface area contributed by atoms with E-state index < -0.39 is 0 Å². The van der Waals surface area contributed by atoms with E-state index in [1.807, 2.05) is 0 Å². The topological polar surface area (TPSA) is 0 Å². The molecule has 94 valence electrons. The van der Waals surface area contributed by atoms with E-state index in [9.17, 15) is 8.78 Å². The van der Waals surface area contributed by atoms with Crippen LogP contribution in [0.5, 0.6) is 0 Å². The summed E-state index contributed by atoms with van der Waals surface area (Å²) >= 11 is 3.53. The maximum absolute atomic E-state index is 14.1. The number of rotatable bonds is 0. The first-order valence-corrected chi connectivity index (χ1v) is 6.85. The van der Waals surface area contributed by atoms with E-state index in [4.69, 9.17) is 0 Å². The second-order valence-corrected chi connectivity index (χ2v) is 6.82. The van der Waals surface area contributed by atoms with E-state index in [1.165, 1.54) is 6.07 Å². The normalized spacial score (nSPS) is 23.1. The van der Waals surface area contributed by atoms with Crippen molar-refractivity contribution in [2.45, 2.75) is 44.9 Å². The Kier molecular flexibility index (Phi) is 3.32. The maximum atomic E-state index is 14.1. The van der Waals surface area contributed by atoms with Crippen LogP contribution in [0.1, 0.15) is 48.2 Å². The van der Waals surface area contributed by atoms with Crippen LogP contribution >= 0.6 is 15.9 Å². The van der Waals surface area contributed by atoms with Crippen molar-refractivity contribution in [3.05, 3.63) is 34.4 Å². The molecule has 0 aliphatic heterocycles. The van der Waals surface area contributed by atoms with E-state index in [0.717, 1.165) is 12.8 Å². The fraction of sp³-hybridized carbons (Fsp3) is 0.571. The number of aryl methyl sites for hydroxylation is 1. The van der Waals surface area contributed by atoms with Gasteiger partial charge in [-0.2, -0.15) is 0 Å². The first-order valence-electron chi connectivity index (χ1n) is 5.93. The molecule has 1 atom stereocenters. The van der Waals surface area contributed by atoms with Crippen LogP contribution in [-0.2, 0) is 6.42 Å². The number of benzene rings is 1. The number of halogens is 3. The molecule has 0 bridgehead atoms. The molecular formula is C14H17BrF2. The summed E-state index contributed by atoms with van der Waals surface area (Å²) in [6, 6.07) is 1.31. The lowest BCUT2D eigenvalue weighted by Crippen LogP contribution is -2.11. The molecule has 0 heterocycles. The van der Waals surface area contributed by atoms with Crippen molar-refractivity contribution in [1.29, 1.82) is 0 Å². The predicted molar refractivity (Wildman–Crippen MR) is 69.5 cm³/mol.